The van der Waals surface area contributed by atoms with Gasteiger partial charge in [-0.15, -0.1) is 0 Å². The Hall–Kier alpha value is -3.70. The van der Waals surface area contributed by atoms with E-state index in [2.05, 4.69) is 180 Å². The molecule has 0 radical (unpaired) electrons. The largest absolute Gasteiger partial charge is 0.341 e. The third kappa shape index (κ3) is 4.69. The van der Waals surface area contributed by atoms with Crippen molar-refractivity contribution in [2.75, 3.05) is 30.6 Å². The SMILES string of the molecule is CC(C)P1c2ccccc2N(C)c2ccccc2[P+](C)(C(C)C)c2ccc3ccccc3c2N(C)c2c1ccc1ccccc21. The first-order valence-electron chi connectivity index (χ1n) is 16.1. The summed E-state index contributed by atoms with van der Waals surface area (Å²) >= 11 is 0. The molecule has 0 bridgehead atoms. The summed E-state index contributed by atoms with van der Waals surface area (Å²) in [5.74, 6) is 0. The third-order valence-corrected chi connectivity index (χ3v) is 17.6. The summed E-state index contributed by atoms with van der Waals surface area (Å²) in [7, 11) is 1.97. The fourth-order valence-corrected chi connectivity index (χ4v) is 13.9. The van der Waals surface area contributed by atoms with Crippen molar-refractivity contribution in [1.82, 2.24) is 0 Å². The minimum atomic E-state index is -1.94. The Morgan fingerprint density at radius 2 is 1.07 bits per heavy atom. The molecule has 1 aliphatic rings. The van der Waals surface area contributed by atoms with E-state index in [1.54, 1.807) is 0 Å². The smallest absolute Gasteiger partial charge is 0.123 e. The van der Waals surface area contributed by atoms with Crippen LogP contribution in [0, 0.1) is 0 Å². The molecule has 2 nitrogen and oxygen atoms in total. The average Bonchev–Trinajstić information content (AvgIpc) is 3.06. The number of para-hydroxylation sites is 2. The summed E-state index contributed by atoms with van der Waals surface area (Å²) in [5.41, 5.74) is 6.20. The maximum absolute atomic E-state index is 2.59. The predicted octanol–water partition coefficient (Wildman–Crippen LogP) is 9.69. The molecular formula is C41H43N2P2+. The molecule has 6 aromatic carbocycles. The molecule has 6 aromatic rings. The summed E-state index contributed by atoms with van der Waals surface area (Å²) in [6.45, 7) is 12.3. The molecule has 226 valence electrons. The minimum absolute atomic E-state index is 0.443. The Labute approximate surface area is 270 Å². The van der Waals surface area contributed by atoms with E-state index in [0.29, 0.717) is 11.3 Å². The number of benzene rings is 6. The molecule has 45 heavy (non-hydrogen) atoms. The third-order valence-electron chi connectivity index (χ3n) is 9.98. The predicted molar refractivity (Wildman–Crippen MR) is 205 cm³/mol. The molecular weight excluding hydrogens is 582 g/mol. The molecule has 0 saturated heterocycles. The summed E-state index contributed by atoms with van der Waals surface area (Å²) < 4.78 is 0. The highest BCUT2D eigenvalue weighted by molar-refractivity contribution is 7.90. The number of hydrogen-bond acceptors (Lipinski definition) is 2. The van der Waals surface area contributed by atoms with Gasteiger partial charge in [0.05, 0.1) is 36.6 Å². The van der Waals surface area contributed by atoms with E-state index in [-0.39, 0.29) is 0 Å². The molecule has 0 fully saturated rings. The molecule has 2 unspecified atom stereocenters. The van der Waals surface area contributed by atoms with Gasteiger partial charge in [0.25, 0.3) is 0 Å². The van der Waals surface area contributed by atoms with Gasteiger partial charge in [-0.3, -0.25) is 0 Å². The van der Waals surface area contributed by atoms with Crippen LogP contribution < -0.4 is 31.0 Å². The Morgan fingerprint density at radius 1 is 0.511 bits per heavy atom. The van der Waals surface area contributed by atoms with Crippen molar-refractivity contribution in [3.63, 3.8) is 0 Å². The number of hydrogen-bond donors (Lipinski definition) is 0. The van der Waals surface area contributed by atoms with Gasteiger partial charge < -0.3 is 9.80 Å². The summed E-state index contributed by atoms with van der Waals surface area (Å²) in [6, 6.07) is 46.0. The van der Waals surface area contributed by atoms with Crippen LogP contribution in [0.15, 0.2) is 121 Å². The van der Waals surface area contributed by atoms with Crippen molar-refractivity contribution in [3.05, 3.63) is 121 Å². The van der Waals surface area contributed by atoms with Gasteiger partial charge in [-0.25, -0.2) is 0 Å². The van der Waals surface area contributed by atoms with Crippen molar-refractivity contribution >= 4 is 80.7 Å². The highest BCUT2D eigenvalue weighted by Crippen LogP contribution is 2.62. The molecule has 2 atom stereocenters. The Bertz CT molecular complexity index is 2050. The van der Waals surface area contributed by atoms with Gasteiger partial charge in [0, 0.05) is 41.2 Å². The summed E-state index contributed by atoms with van der Waals surface area (Å²) in [4.78, 5) is 5.08. The van der Waals surface area contributed by atoms with Gasteiger partial charge >= 0.3 is 0 Å². The topological polar surface area (TPSA) is 6.48 Å². The monoisotopic (exact) mass is 625 g/mol. The van der Waals surface area contributed by atoms with Gasteiger partial charge in [-0.05, 0) is 62.5 Å². The van der Waals surface area contributed by atoms with E-state index in [1.165, 1.54) is 65.5 Å². The fraction of sp³-hybridized carbons (Fsp3) is 0.220. The Kier molecular flexibility index (Phi) is 7.72. The maximum Gasteiger partial charge on any atom is 0.123 e. The molecule has 0 saturated carbocycles. The second-order valence-electron chi connectivity index (χ2n) is 13.0. The number of nitrogens with zero attached hydrogens (tertiary/aromatic N) is 2. The summed E-state index contributed by atoms with van der Waals surface area (Å²) in [5, 5.41) is 11.0. The second-order valence-corrected chi connectivity index (χ2v) is 19.9. The van der Waals surface area contributed by atoms with E-state index in [9.17, 15) is 0 Å². The van der Waals surface area contributed by atoms with Gasteiger partial charge in [0.1, 0.15) is 10.6 Å². The lowest BCUT2D eigenvalue weighted by Crippen LogP contribution is -2.36. The zero-order chi connectivity index (χ0) is 31.5. The lowest BCUT2D eigenvalue weighted by molar-refractivity contribution is 1.09. The highest BCUT2D eigenvalue weighted by atomic mass is 31.2. The van der Waals surface area contributed by atoms with Crippen molar-refractivity contribution < 1.29 is 0 Å². The standard InChI is InChI=1S/C41H43N2P2/c1-28(2)44-36-22-14-12-20-34(36)42(5)35-21-13-15-23-38(35)45(7,29(3)4)39-27-25-31-17-9-11-19-33(31)41(39)43(6)40-32-18-10-8-16-30(32)24-26-37(40)44/h8-29H,1-7H3/q+1. The van der Waals surface area contributed by atoms with Crippen LogP contribution in [-0.2, 0) is 0 Å². The summed E-state index contributed by atoms with van der Waals surface area (Å²) in [6.07, 6.45) is 0. The van der Waals surface area contributed by atoms with Gasteiger partial charge in [0.2, 0.25) is 0 Å². The average molecular weight is 626 g/mol. The van der Waals surface area contributed by atoms with E-state index in [0.717, 1.165) is 0 Å². The van der Waals surface area contributed by atoms with Crippen LogP contribution >= 0.6 is 15.2 Å². The van der Waals surface area contributed by atoms with Crippen molar-refractivity contribution in [3.8, 4) is 0 Å². The lowest BCUT2D eigenvalue weighted by atomic mass is 10.0. The van der Waals surface area contributed by atoms with Crippen molar-refractivity contribution in [2.45, 2.75) is 39.0 Å². The molecule has 0 amide bonds. The molecule has 1 aliphatic heterocycles. The maximum atomic E-state index is 2.59. The molecule has 0 spiro atoms. The first-order chi connectivity index (χ1) is 21.7. The van der Waals surface area contributed by atoms with Gasteiger partial charge in [0.15, 0.2) is 0 Å². The zero-order valence-electron chi connectivity index (χ0n) is 27.5. The molecule has 0 aromatic heterocycles. The molecule has 1 heterocycles. The van der Waals surface area contributed by atoms with Crippen LogP contribution in [0.1, 0.15) is 27.7 Å². The van der Waals surface area contributed by atoms with E-state index < -0.39 is 15.2 Å². The van der Waals surface area contributed by atoms with Crippen LogP contribution in [-0.4, -0.2) is 32.1 Å². The molecule has 4 heteroatoms. The van der Waals surface area contributed by atoms with Crippen LogP contribution in [0.3, 0.4) is 0 Å². The highest BCUT2D eigenvalue weighted by Gasteiger charge is 2.47. The zero-order valence-corrected chi connectivity index (χ0v) is 29.3. The van der Waals surface area contributed by atoms with Gasteiger partial charge in [-0.1, -0.05) is 111 Å². The Balaban J connectivity index is 1.72. The quantitative estimate of drug-likeness (QED) is 0.177. The number of anilines is 4. The van der Waals surface area contributed by atoms with Crippen molar-refractivity contribution in [1.29, 1.82) is 0 Å². The molecule has 7 rings (SSSR count). The number of rotatable bonds is 2. The van der Waals surface area contributed by atoms with Gasteiger partial charge in [-0.2, -0.15) is 0 Å². The van der Waals surface area contributed by atoms with Crippen LogP contribution in [0.5, 0.6) is 0 Å². The fourth-order valence-electron chi connectivity index (χ4n) is 7.47. The van der Waals surface area contributed by atoms with Crippen molar-refractivity contribution in [2.24, 2.45) is 0 Å². The number of fused-ring (bicyclic) bond motifs is 8. The van der Waals surface area contributed by atoms with E-state index >= 15 is 0 Å². The second kappa shape index (κ2) is 11.6. The van der Waals surface area contributed by atoms with Crippen LogP contribution in [0.4, 0.5) is 22.7 Å². The molecule has 0 aliphatic carbocycles. The van der Waals surface area contributed by atoms with E-state index in [1.807, 2.05) is 0 Å². The normalized spacial score (nSPS) is 18.3. The lowest BCUT2D eigenvalue weighted by Gasteiger charge is -2.38. The Morgan fingerprint density at radius 3 is 1.73 bits per heavy atom. The first-order valence-corrected chi connectivity index (χ1v) is 19.8. The van der Waals surface area contributed by atoms with Crippen LogP contribution in [0.2, 0.25) is 0 Å². The first kappa shape index (κ1) is 30.0. The minimum Gasteiger partial charge on any atom is -0.341 e. The van der Waals surface area contributed by atoms with E-state index in [4.69, 9.17) is 0 Å². The van der Waals surface area contributed by atoms with Crippen LogP contribution in [0.25, 0.3) is 21.5 Å². The molecule has 0 N–H and O–H groups in total.